The third kappa shape index (κ3) is 4.69. The van der Waals surface area contributed by atoms with E-state index < -0.39 is 23.4 Å². The molecule has 5 aromatic carbocycles. The Morgan fingerprint density at radius 3 is 2.00 bits per heavy atom. The molecular formula is C32H23N5O3. The van der Waals surface area contributed by atoms with Crippen LogP contribution in [-0.2, 0) is 4.79 Å². The van der Waals surface area contributed by atoms with Gasteiger partial charge in [0.15, 0.2) is 6.04 Å². The summed E-state index contributed by atoms with van der Waals surface area (Å²) in [6.07, 6.45) is 1.61. The number of aromatic amines is 1. The Balaban J connectivity index is 1.38. The van der Waals surface area contributed by atoms with Gasteiger partial charge in [-0.1, -0.05) is 84.9 Å². The predicted octanol–water partition coefficient (Wildman–Crippen LogP) is 4.85. The highest BCUT2D eigenvalue weighted by molar-refractivity contribution is 6.13. The molecule has 3 N–H and O–H groups in total. The SMILES string of the molecule is O=C(N[C@@H](C(=O)NN=Cc1c2ccccc2cc2ccccc12)c1n[nH]c(=O)c2ccccc12)c1ccccc1. The molecule has 194 valence electrons. The maximum atomic E-state index is 13.6. The molecule has 2 amide bonds. The molecule has 0 unspecified atom stereocenters. The molecule has 0 radical (unpaired) electrons. The van der Waals surface area contributed by atoms with Crippen molar-refractivity contribution in [2.24, 2.45) is 5.10 Å². The van der Waals surface area contributed by atoms with Crippen LogP contribution in [-0.4, -0.2) is 28.2 Å². The van der Waals surface area contributed by atoms with Crippen LogP contribution in [0.1, 0.15) is 27.7 Å². The zero-order valence-corrected chi connectivity index (χ0v) is 21.2. The molecule has 0 saturated carbocycles. The van der Waals surface area contributed by atoms with E-state index in [1.165, 1.54) is 0 Å². The van der Waals surface area contributed by atoms with E-state index in [4.69, 9.17) is 0 Å². The lowest BCUT2D eigenvalue weighted by atomic mass is 9.97. The lowest BCUT2D eigenvalue weighted by molar-refractivity contribution is -0.123. The molecule has 0 aliphatic heterocycles. The molecule has 8 heteroatoms. The third-order valence-corrected chi connectivity index (χ3v) is 6.75. The minimum Gasteiger partial charge on any atom is -0.335 e. The van der Waals surface area contributed by atoms with Gasteiger partial charge in [-0.3, -0.25) is 14.4 Å². The number of hydrogen-bond acceptors (Lipinski definition) is 5. The summed E-state index contributed by atoms with van der Waals surface area (Å²) in [5.41, 5.74) is 3.61. The minimum absolute atomic E-state index is 0.197. The van der Waals surface area contributed by atoms with Gasteiger partial charge in [0.05, 0.1) is 11.6 Å². The number of nitrogens with one attached hydrogen (secondary N) is 3. The lowest BCUT2D eigenvalue weighted by Crippen LogP contribution is -2.40. The number of rotatable bonds is 6. The van der Waals surface area contributed by atoms with E-state index in [2.05, 4.69) is 32.1 Å². The van der Waals surface area contributed by atoms with Crippen LogP contribution in [0.3, 0.4) is 0 Å². The van der Waals surface area contributed by atoms with Gasteiger partial charge in [0.2, 0.25) is 0 Å². The second-order valence-electron chi connectivity index (χ2n) is 9.22. The standard InChI is InChI=1S/C32H23N5O3/c38-30(20-10-2-1-3-11-20)34-29(28-25-16-8-9-17-26(25)31(39)37-35-28)32(40)36-33-19-27-23-14-6-4-12-21(23)18-22-13-5-7-15-24(22)27/h1-19,29H,(H,34,38)(H,36,40)(H,37,39)/t29-/m1/s1. The Bertz CT molecular complexity index is 1930. The molecular weight excluding hydrogens is 502 g/mol. The van der Waals surface area contributed by atoms with Gasteiger partial charge in [-0.25, -0.2) is 10.5 Å². The van der Waals surface area contributed by atoms with E-state index in [1.807, 2.05) is 48.5 Å². The quantitative estimate of drug-likeness (QED) is 0.164. The second kappa shape index (κ2) is 10.6. The number of aromatic nitrogens is 2. The molecule has 0 aliphatic carbocycles. The number of amides is 2. The summed E-state index contributed by atoms with van der Waals surface area (Å²) in [4.78, 5) is 39.1. The van der Waals surface area contributed by atoms with E-state index in [9.17, 15) is 14.4 Å². The first-order valence-corrected chi connectivity index (χ1v) is 12.7. The van der Waals surface area contributed by atoms with Gasteiger partial charge in [-0.2, -0.15) is 10.2 Å². The average molecular weight is 526 g/mol. The van der Waals surface area contributed by atoms with Crippen molar-refractivity contribution in [3.63, 3.8) is 0 Å². The van der Waals surface area contributed by atoms with Gasteiger partial charge in [0, 0.05) is 16.5 Å². The zero-order valence-electron chi connectivity index (χ0n) is 21.2. The summed E-state index contributed by atoms with van der Waals surface area (Å²) in [5.74, 6) is -1.09. The van der Waals surface area contributed by atoms with Crippen molar-refractivity contribution in [1.82, 2.24) is 20.9 Å². The topological polar surface area (TPSA) is 116 Å². The van der Waals surface area contributed by atoms with Crippen LogP contribution in [0, 0.1) is 0 Å². The van der Waals surface area contributed by atoms with Gasteiger partial charge in [0.25, 0.3) is 17.4 Å². The summed E-state index contributed by atoms with van der Waals surface area (Å²) in [7, 11) is 0. The van der Waals surface area contributed by atoms with Gasteiger partial charge >= 0.3 is 0 Å². The van der Waals surface area contributed by atoms with Gasteiger partial charge in [0.1, 0.15) is 5.69 Å². The number of hydrazone groups is 1. The van der Waals surface area contributed by atoms with E-state index in [0.717, 1.165) is 27.1 Å². The normalized spacial score (nSPS) is 12.1. The van der Waals surface area contributed by atoms with Crippen molar-refractivity contribution < 1.29 is 9.59 Å². The fourth-order valence-electron chi connectivity index (χ4n) is 4.83. The van der Waals surface area contributed by atoms with Crippen LogP contribution in [0.4, 0.5) is 0 Å². The second-order valence-corrected chi connectivity index (χ2v) is 9.22. The molecule has 0 fully saturated rings. The van der Waals surface area contributed by atoms with E-state index >= 15 is 0 Å². The number of benzene rings is 5. The summed E-state index contributed by atoms with van der Waals surface area (Å²) >= 11 is 0. The largest absolute Gasteiger partial charge is 0.335 e. The molecule has 0 saturated heterocycles. The Morgan fingerprint density at radius 1 is 0.750 bits per heavy atom. The van der Waals surface area contributed by atoms with Crippen LogP contribution < -0.4 is 16.3 Å². The monoisotopic (exact) mass is 525 g/mol. The van der Waals surface area contributed by atoms with Crippen LogP contribution in [0.15, 0.2) is 119 Å². The number of fused-ring (bicyclic) bond motifs is 3. The van der Waals surface area contributed by atoms with Crippen LogP contribution in [0.2, 0.25) is 0 Å². The van der Waals surface area contributed by atoms with Gasteiger partial charge < -0.3 is 5.32 Å². The highest BCUT2D eigenvalue weighted by Crippen LogP contribution is 2.27. The maximum Gasteiger partial charge on any atom is 0.272 e. The van der Waals surface area contributed by atoms with Crippen molar-refractivity contribution in [2.75, 3.05) is 0 Å². The van der Waals surface area contributed by atoms with E-state index in [1.54, 1.807) is 60.8 Å². The number of nitrogens with zero attached hydrogens (tertiary/aromatic N) is 2. The van der Waals surface area contributed by atoms with Crippen molar-refractivity contribution in [3.8, 4) is 0 Å². The molecule has 6 rings (SSSR count). The van der Waals surface area contributed by atoms with Crippen molar-refractivity contribution in [3.05, 3.63) is 136 Å². The number of carbonyl (C=O) groups is 2. The zero-order chi connectivity index (χ0) is 27.5. The third-order valence-electron chi connectivity index (χ3n) is 6.75. The highest BCUT2D eigenvalue weighted by Gasteiger charge is 2.27. The minimum atomic E-state index is -1.24. The van der Waals surface area contributed by atoms with Crippen molar-refractivity contribution in [1.29, 1.82) is 0 Å². The smallest absolute Gasteiger partial charge is 0.272 e. The molecule has 0 bridgehead atoms. The molecule has 0 spiro atoms. The average Bonchev–Trinajstić information content (AvgIpc) is 3.00. The van der Waals surface area contributed by atoms with Crippen molar-refractivity contribution in [2.45, 2.75) is 6.04 Å². The Morgan fingerprint density at radius 2 is 1.32 bits per heavy atom. The summed E-state index contributed by atoms with van der Waals surface area (Å²) in [6.45, 7) is 0. The van der Waals surface area contributed by atoms with Gasteiger partial charge in [-0.15, -0.1) is 0 Å². The predicted molar refractivity (Wildman–Crippen MR) is 156 cm³/mol. The Hall–Kier alpha value is -5.63. The summed E-state index contributed by atoms with van der Waals surface area (Å²) in [5, 5.41) is 18.5. The molecule has 40 heavy (non-hydrogen) atoms. The number of H-pyrrole nitrogens is 1. The summed E-state index contributed by atoms with van der Waals surface area (Å²) in [6, 6.07) is 32.1. The van der Waals surface area contributed by atoms with Crippen LogP contribution in [0.25, 0.3) is 32.3 Å². The summed E-state index contributed by atoms with van der Waals surface area (Å²) < 4.78 is 0. The number of hydrogen-bond donors (Lipinski definition) is 3. The van der Waals surface area contributed by atoms with Gasteiger partial charge in [-0.05, 0) is 45.8 Å². The maximum absolute atomic E-state index is 13.6. The van der Waals surface area contributed by atoms with Crippen LogP contribution in [0.5, 0.6) is 0 Å². The van der Waals surface area contributed by atoms with E-state index in [0.29, 0.717) is 16.3 Å². The van der Waals surface area contributed by atoms with E-state index in [-0.39, 0.29) is 5.69 Å². The molecule has 6 aromatic rings. The molecule has 1 atom stereocenters. The molecule has 0 aliphatic rings. The lowest BCUT2D eigenvalue weighted by Gasteiger charge is -2.18. The van der Waals surface area contributed by atoms with Crippen LogP contribution >= 0.6 is 0 Å². The molecule has 8 nitrogen and oxygen atoms in total. The Kier molecular flexibility index (Phi) is 6.56. The first-order chi connectivity index (χ1) is 19.6. The highest BCUT2D eigenvalue weighted by atomic mass is 16.2. The first kappa shape index (κ1) is 24.7. The Labute approximate surface area is 228 Å². The molecule has 1 aromatic heterocycles. The molecule has 1 heterocycles. The first-order valence-electron chi connectivity index (χ1n) is 12.7. The number of carbonyl (C=O) groups excluding carboxylic acids is 2. The van der Waals surface area contributed by atoms with Crippen molar-refractivity contribution >= 4 is 50.3 Å². The fourth-order valence-corrected chi connectivity index (χ4v) is 4.83. The fraction of sp³-hybridized carbons (Fsp3) is 0.0312.